The Bertz CT molecular complexity index is 469. The van der Waals surface area contributed by atoms with Crippen LogP contribution in [-0.2, 0) is 4.79 Å². The smallest absolute Gasteiger partial charge is 0.331 e. The quantitative estimate of drug-likeness (QED) is 0.825. The number of nitrogens with zero attached hydrogens (tertiary/aromatic N) is 1. The zero-order valence-electron chi connectivity index (χ0n) is 10.4. The molecular weight excluding hydrogens is 248 g/mol. The van der Waals surface area contributed by atoms with Gasteiger partial charge in [0, 0.05) is 16.9 Å². The predicted molar refractivity (Wildman–Crippen MR) is 72.5 cm³/mol. The van der Waals surface area contributed by atoms with Gasteiger partial charge < -0.3 is 10.8 Å². The Morgan fingerprint density at radius 2 is 2.33 bits per heavy atom. The maximum Gasteiger partial charge on any atom is 0.331 e. The summed E-state index contributed by atoms with van der Waals surface area (Å²) in [7, 11) is 0. The molecule has 1 fully saturated rings. The van der Waals surface area contributed by atoms with Crippen molar-refractivity contribution in [1.82, 2.24) is 4.98 Å². The molecule has 0 saturated heterocycles. The van der Waals surface area contributed by atoms with Crippen LogP contribution in [0.2, 0.25) is 0 Å². The van der Waals surface area contributed by atoms with Crippen LogP contribution in [0, 0.1) is 11.8 Å². The first-order valence-corrected chi connectivity index (χ1v) is 7.01. The fourth-order valence-corrected chi connectivity index (χ4v) is 3.53. The molecule has 1 aliphatic carbocycles. The number of carboxylic acid groups (broad SMARTS) is 1. The van der Waals surface area contributed by atoms with E-state index in [-0.39, 0.29) is 11.8 Å². The Labute approximate surface area is 111 Å². The summed E-state index contributed by atoms with van der Waals surface area (Å²) in [6, 6.07) is 0. The third-order valence-corrected chi connectivity index (χ3v) is 4.52. The normalized spacial score (nSPS) is 27.9. The highest BCUT2D eigenvalue weighted by Crippen LogP contribution is 2.45. The highest BCUT2D eigenvalue weighted by atomic mass is 32.1. The van der Waals surface area contributed by atoms with E-state index in [1.54, 1.807) is 0 Å². The van der Waals surface area contributed by atoms with E-state index in [0.717, 1.165) is 25.0 Å². The van der Waals surface area contributed by atoms with Gasteiger partial charge in [0.05, 0.1) is 5.69 Å². The Balaban J connectivity index is 2.31. The lowest BCUT2D eigenvalue weighted by Gasteiger charge is -2.35. The third-order valence-electron chi connectivity index (χ3n) is 3.82. The number of carbonyl (C=O) groups is 1. The number of nitrogens with two attached hydrogens (primary N) is 1. The van der Waals surface area contributed by atoms with Crippen LogP contribution in [0.4, 0.5) is 5.13 Å². The van der Waals surface area contributed by atoms with Gasteiger partial charge in [0.15, 0.2) is 5.13 Å². The van der Waals surface area contributed by atoms with Gasteiger partial charge in [-0.25, -0.2) is 9.78 Å². The van der Waals surface area contributed by atoms with Crippen LogP contribution in [0.15, 0.2) is 17.5 Å². The molecule has 1 heterocycles. The number of aromatic nitrogens is 1. The van der Waals surface area contributed by atoms with Gasteiger partial charge in [0.25, 0.3) is 0 Å². The average Bonchev–Trinajstić information content (AvgIpc) is 2.74. The Morgan fingerprint density at radius 1 is 1.61 bits per heavy atom. The lowest BCUT2D eigenvalue weighted by Crippen LogP contribution is -2.28. The topological polar surface area (TPSA) is 76.2 Å². The molecule has 0 radical (unpaired) electrons. The summed E-state index contributed by atoms with van der Waals surface area (Å²) in [6.45, 7) is 5.89. The zero-order chi connectivity index (χ0) is 13.3. The monoisotopic (exact) mass is 266 g/mol. The molecule has 1 aromatic heterocycles. The van der Waals surface area contributed by atoms with Gasteiger partial charge in [-0.2, -0.15) is 0 Å². The first kappa shape index (κ1) is 13.1. The maximum atomic E-state index is 11.1. The summed E-state index contributed by atoms with van der Waals surface area (Å²) in [5.41, 5.74) is 6.91. The van der Waals surface area contributed by atoms with Gasteiger partial charge in [-0.15, -0.1) is 11.3 Å². The minimum Gasteiger partial charge on any atom is -0.478 e. The Hall–Kier alpha value is -1.36. The van der Waals surface area contributed by atoms with Crippen molar-refractivity contribution in [2.75, 3.05) is 5.73 Å². The number of anilines is 1. The maximum absolute atomic E-state index is 11.1. The van der Waals surface area contributed by atoms with Gasteiger partial charge in [-0.1, -0.05) is 26.3 Å². The molecule has 1 saturated carbocycles. The van der Waals surface area contributed by atoms with Crippen LogP contribution in [-0.4, -0.2) is 16.1 Å². The molecule has 4 nitrogen and oxygen atoms in total. The van der Waals surface area contributed by atoms with Crippen molar-refractivity contribution in [3.63, 3.8) is 0 Å². The van der Waals surface area contributed by atoms with Crippen molar-refractivity contribution >= 4 is 22.4 Å². The number of carboxylic acids is 1. The third kappa shape index (κ3) is 2.41. The van der Waals surface area contributed by atoms with E-state index in [1.807, 2.05) is 5.38 Å². The summed E-state index contributed by atoms with van der Waals surface area (Å²) in [4.78, 5) is 15.5. The second-order valence-corrected chi connectivity index (χ2v) is 5.87. The fourth-order valence-electron chi connectivity index (χ4n) is 2.92. The van der Waals surface area contributed by atoms with E-state index in [4.69, 9.17) is 10.8 Å². The number of hydrogen-bond acceptors (Lipinski definition) is 4. The minimum absolute atomic E-state index is 0.0206. The molecule has 1 aromatic rings. The standard InChI is InChI=1S/C13H18N2O2S/c1-7-4-3-5-9(8(2)12(16)17)11(7)10-6-18-13(14)15-10/h6-7,9,11H,2-5H2,1H3,(H2,14,15)(H,16,17). The molecule has 0 aliphatic heterocycles. The minimum atomic E-state index is -0.901. The SMILES string of the molecule is C=C(C(=O)O)C1CCCC(C)C1c1csc(N)n1. The highest BCUT2D eigenvalue weighted by Gasteiger charge is 2.36. The van der Waals surface area contributed by atoms with Gasteiger partial charge in [0.2, 0.25) is 0 Å². The van der Waals surface area contributed by atoms with E-state index in [9.17, 15) is 4.79 Å². The Kier molecular flexibility index (Phi) is 3.71. The van der Waals surface area contributed by atoms with E-state index < -0.39 is 5.97 Å². The molecule has 3 atom stereocenters. The first-order chi connectivity index (χ1) is 8.50. The van der Waals surface area contributed by atoms with Crippen molar-refractivity contribution in [3.8, 4) is 0 Å². The lowest BCUT2D eigenvalue weighted by molar-refractivity contribution is -0.133. The zero-order valence-corrected chi connectivity index (χ0v) is 11.2. The van der Waals surface area contributed by atoms with Gasteiger partial charge in [-0.05, 0) is 18.3 Å². The van der Waals surface area contributed by atoms with Crippen LogP contribution >= 0.6 is 11.3 Å². The summed E-state index contributed by atoms with van der Waals surface area (Å²) >= 11 is 1.41. The number of hydrogen-bond donors (Lipinski definition) is 2. The number of aliphatic carboxylic acids is 1. The van der Waals surface area contributed by atoms with Crippen molar-refractivity contribution in [2.45, 2.75) is 32.1 Å². The molecule has 3 unspecified atom stereocenters. The van der Waals surface area contributed by atoms with E-state index in [0.29, 0.717) is 16.6 Å². The van der Waals surface area contributed by atoms with Crippen molar-refractivity contribution in [3.05, 3.63) is 23.2 Å². The van der Waals surface area contributed by atoms with Gasteiger partial charge >= 0.3 is 5.97 Å². The highest BCUT2D eigenvalue weighted by molar-refractivity contribution is 7.13. The summed E-state index contributed by atoms with van der Waals surface area (Å²) in [5.74, 6) is -0.368. The second kappa shape index (κ2) is 5.10. The predicted octanol–water partition coefficient (Wildman–Crippen LogP) is 2.89. The molecule has 5 heteroatoms. The largest absolute Gasteiger partial charge is 0.478 e. The number of nitrogen functional groups attached to an aromatic ring is 1. The number of rotatable bonds is 3. The van der Waals surface area contributed by atoms with E-state index in [1.165, 1.54) is 11.3 Å². The molecule has 98 valence electrons. The second-order valence-electron chi connectivity index (χ2n) is 4.98. The molecule has 18 heavy (non-hydrogen) atoms. The van der Waals surface area contributed by atoms with E-state index in [2.05, 4.69) is 18.5 Å². The van der Waals surface area contributed by atoms with Crippen molar-refractivity contribution in [1.29, 1.82) is 0 Å². The van der Waals surface area contributed by atoms with Gasteiger partial charge in [-0.3, -0.25) is 0 Å². The summed E-state index contributed by atoms with van der Waals surface area (Å²) < 4.78 is 0. The molecule has 1 aliphatic rings. The van der Waals surface area contributed by atoms with Crippen LogP contribution in [0.3, 0.4) is 0 Å². The summed E-state index contributed by atoms with van der Waals surface area (Å²) in [6.07, 6.45) is 3.03. The molecular formula is C13H18N2O2S. The van der Waals surface area contributed by atoms with Crippen LogP contribution in [0.5, 0.6) is 0 Å². The molecule has 0 spiro atoms. The van der Waals surface area contributed by atoms with E-state index >= 15 is 0 Å². The first-order valence-electron chi connectivity index (χ1n) is 6.13. The molecule has 2 rings (SSSR count). The van der Waals surface area contributed by atoms with Crippen molar-refractivity contribution < 1.29 is 9.90 Å². The lowest BCUT2D eigenvalue weighted by atomic mass is 9.69. The van der Waals surface area contributed by atoms with Crippen LogP contribution < -0.4 is 5.73 Å². The van der Waals surface area contributed by atoms with Crippen LogP contribution in [0.1, 0.15) is 37.8 Å². The Morgan fingerprint density at radius 3 is 2.89 bits per heavy atom. The van der Waals surface area contributed by atoms with Crippen molar-refractivity contribution in [2.24, 2.45) is 11.8 Å². The van der Waals surface area contributed by atoms with Gasteiger partial charge in [0.1, 0.15) is 0 Å². The molecule has 3 N–H and O–H groups in total. The molecule has 0 amide bonds. The fraction of sp³-hybridized carbons (Fsp3) is 0.538. The number of thiazole rings is 1. The summed E-state index contributed by atoms with van der Waals surface area (Å²) in [5, 5.41) is 11.6. The van der Waals surface area contributed by atoms with Crippen LogP contribution in [0.25, 0.3) is 0 Å². The molecule has 0 bridgehead atoms. The average molecular weight is 266 g/mol. The molecule has 0 aromatic carbocycles.